The molecule has 5 heteroatoms. The number of benzene rings is 1. The number of carbonyl (C=O) groups excluding carboxylic acids is 3. The fourth-order valence-corrected chi connectivity index (χ4v) is 5.64. The number of hydrogen-bond donors (Lipinski definition) is 1. The van der Waals surface area contributed by atoms with Gasteiger partial charge in [0, 0.05) is 0 Å². The molecule has 3 fully saturated rings. The summed E-state index contributed by atoms with van der Waals surface area (Å²) in [5, 5.41) is 2.95. The van der Waals surface area contributed by atoms with Crippen LogP contribution in [0.4, 0.5) is 0 Å². The van der Waals surface area contributed by atoms with Crippen LogP contribution in [-0.4, -0.2) is 28.7 Å². The SMILES string of the molecule is C[C@@H](NC(=O)[C@H](C)N1C(=O)[C@@H]2[C@@H]3C=C[C@H]([C@H]4C[C@H]34)[C@@H]2C1=O)c1ccccc1. The van der Waals surface area contributed by atoms with E-state index in [1.807, 2.05) is 37.3 Å². The van der Waals surface area contributed by atoms with Gasteiger partial charge in [0.25, 0.3) is 0 Å². The van der Waals surface area contributed by atoms with Crippen molar-refractivity contribution in [3.8, 4) is 0 Å². The van der Waals surface area contributed by atoms with Crippen molar-refractivity contribution in [2.75, 3.05) is 0 Å². The zero-order valence-electron chi connectivity index (χ0n) is 15.5. The molecule has 2 bridgehead atoms. The number of likely N-dealkylation sites (tertiary alicyclic amines) is 1. The van der Waals surface area contributed by atoms with Gasteiger partial charge < -0.3 is 5.32 Å². The van der Waals surface area contributed by atoms with E-state index in [9.17, 15) is 14.4 Å². The second-order valence-corrected chi connectivity index (χ2v) is 8.52. The smallest absolute Gasteiger partial charge is 0.243 e. The maximum Gasteiger partial charge on any atom is 0.243 e. The first-order valence-corrected chi connectivity index (χ1v) is 9.89. The Morgan fingerprint density at radius 1 is 1.00 bits per heavy atom. The molecule has 2 saturated carbocycles. The van der Waals surface area contributed by atoms with Gasteiger partial charge in [0.1, 0.15) is 6.04 Å². The second-order valence-electron chi connectivity index (χ2n) is 8.52. The van der Waals surface area contributed by atoms with Crippen molar-refractivity contribution in [2.24, 2.45) is 35.5 Å². The van der Waals surface area contributed by atoms with Crippen molar-refractivity contribution in [2.45, 2.75) is 32.4 Å². The molecule has 3 amide bonds. The number of amides is 3. The van der Waals surface area contributed by atoms with Gasteiger partial charge >= 0.3 is 0 Å². The molecule has 0 spiro atoms. The monoisotopic (exact) mass is 364 g/mol. The number of rotatable bonds is 4. The van der Waals surface area contributed by atoms with E-state index >= 15 is 0 Å². The fraction of sp³-hybridized carbons (Fsp3) is 0.500. The van der Waals surface area contributed by atoms with Crippen molar-refractivity contribution in [1.82, 2.24) is 10.2 Å². The van der Waals surface area contributed by atoms with Crippen LogP contribution < -0.4 is 5.32 Å². The Kier molecular flexibility index (Phi) is 3.58. The van der Waals surface area contributed by atoms with E-state index in [1.54, 1.807) is 6.92 Å². The molecule has 0 unspecified atom stereocenters. The van der Waals surface area contributed by atoms with E-state index in [1.165, 1.54) is 4.90 Å². The van der Waals surface area contributed by atoms with E-state index in [0.29, 0.717) is 11.8 Å². The second kappa shape index (κ2) is 5.78. The predicted octanol–water partition coefficient (Wildman–Crippen LogP) is 2.31. The molecular formula is C22H24N2O3. The van der Waals surface area contributed by atoms with Crippen LogP contribution >= 0.6 is 0 Å². The van der Waals surface area contributed by atoms with Gasteiger partial charge in [-0.3, -0.25) is 19.3 Å². The first-order chi connectivity index (χ1) is 13.0. The number of nitrogens with zero attached hydrogens (tertiary/aromatic N) is 1. The van der Waals surface area contributed by atoms with Gasteiger partial charge in [-0.15, -0.1) is 0 Å². The third kappa shape index (κ3) is 2.33. The molecule has 27 heavy (non-hydrogen) atoms. The predicted molar refractivity (Wildman–Crippen MR) is 99.0 cm³/mol. The van der Waals surface area contributed by atoms with Gasteiger partial charge in [-0.1, -0.05) is 42.5 Å². The summed E-state index contributed by atoms with van der Waals surface area (Å²) in [6.45, 7) is 3.57. The molecule has 5 aliphatic rings. The molecule has 8 atom stereocenters. The lowest BCUT2D eigenvalue weighted by molar-refractivity contribution is -0.147. The average molecular weight is 364 g/mol. The molecule has 1 aliphatic heterocycles. The minimum Gasteiger partial charge on any atom is -0.348 e. The maximum absolute atomic E-state index is 13.1. The Balaban J connectivity index is 1.34. The normalized spacial score (nSPS) is 37.6. The van der Waals surface area contributed by atoms with Crippen LogP contribution in [-0.2, 0) is 14.4 Å². The Morgan fingerprint density at radius 2 is 1.56 bits per heavy atom. The molecule has 5 nitrogen and oxygen atoms in total. The number of allylic oxidation sites excluding steroid dienone is 2. The molecule has 140 valence electrons. The average Bonchev–Trinajstić information content (AvgIpc) is 3.46. The summed E-state index contributed by atoms with van der Waals surface area (Å²) in [6.07, 6.45) is 5.44. The standard InChI is InChI=1S/C22H24N2O3/c1-11(13-6-4-3-5-7-13)23-20(25)12(2)24-21(26)18-14-8-9-15(17-10-16(14)17)19(18)22(24)27/h3-9,11-12,14-19H,10H2,1-2H3,(H,23,25)/t11-,12+,14-,15-,16-,17-,18-,19+/m1/s1. The lowest BCUT2D eigenvalue weighted by Gasteiger charge is -2.37. The summed E-state index contributed by atoms with van der Waals surface area (Å²) in [5.41, 5.74) is 0.994. The van der Waals surface area contributed by atoms with Gasteiger partial charge in [0.2, 0.25) is 17.7 Å². The lowest BCUT2D eigenvalue weighted by Crippen LogP contribution is -2.49. The van der Waals surface area contributed by atoms with Crippen molar-refractivity contribution < 1.29 is 14.4 Å². The van der Waals surface area contributed by atoms with Crippen LogP contribution in [0.2, 0.25) is 0 Å². The molecular weight excluding hydrogens is 340 g/mol. The van der Waals surface area contributed by atoms with Crippen LogP contribution in [0, 0.1) is 35.5 Å². The number of hydrogen-bond acceptors (Lipinski definition) is 3. The van der Waals surface area contributed by atoms with Crippen molar-refractivity contribution in [3.63, 3.8) is 0 Å². The maximum atomic E-state index is 13.1. The zero-order chi connectivity index (χ0) is 18.9. The highest BCUT2D eigenvalue weighted by atomic mass is 16.2. The Morgan fingerprint density at radius 3 is 2.11 bits per heavy atom. The first-order valence-electron chi connectivity index (χ1n) is 9.89. The summed E-state index contributed by atoms with van der Waals surface area (Å²) < 4.78 is 0. The lowest BCUT2D eigenvalue weighted by atomic mass is 9.63. The zero-order valence-corrected chi connectivity index (χ0v) is 15.5. The Hall–Kier alpha value is -2.43. The Bertz CT molecular complexity index is 812. The van der Waals surface area contributed by atoms with Crippen molar-refractivity contribution >= 4 is 17.7 Å². The van der Waals surface area contributed by atoms with E-state index < -0.39 is 6.04 Å². The number of carbonyl (C=O) groups is 3. The van der Waals surface area contributed by atoms with E-state index in [4.69, 9.17) is 0 Å². The first kappa shape index (κ1) is 16.7. The number of imide groups is 1. The van der Waals surface area contributed by atoms with Crippen molar-refractivity contribution in [3.05, 3.63) is 48.0 Å². The van der Waals surface area contributed by atoms with Gasteiger partial charge in [-0.2, -0.15) is 0 Å². The van der Waals surface area contributed by atoms with E-state index in [0.717, 1.165) is 12.0 Å². The summed E-state index contributed by atoms with van der Waals surface area (Å²) in [5.74, 6) is 0.429. The largest absolute Gasteiger partial charge is 0.348 e. The molecule has 1 saturated heterocycles. The van der Waals surface area contributed by atoms with Gasteiger partial charge in [0.05, 0.1) is 17.9 Å². The molecule has 4 aliphatic carbocycles. The summed E-state index contributed by atoms with van der Waals surface area (Å²) >= 11 is 0. The van der Waals surface area contributed by atoms with Gasteiger partial charge in [-0.25, -0.2) is 0 Å². The van der Waals surface area contributed by atoms with E-state index in [-0.39, 0.29) is 47.4 Å². The van der Waals surface area contributed by atoms with Gasteiger partial charge in [-0.05, 0) is 49.5 Å². The molecule has 0 aromatic heterocycles. The molecule has 0 radical (unpaired) electrons. The van der Waals surface area contributed by atoms with Crippen LogP contribution in [0.15, 0.2) is 42.5 Å². The van der Waals surface area contributed by atoms with Crippen LogP contribution in [0.5, 0.6) is 0 Å². The van der Waals surface area contributed by atoms with Crippen LogP contribution in [0.1, 0.15) is 31.9 Å². The summed E-state index contributed by atoms with van der Waals surface area (Å²) in [4.78, 5) is 40.2. The minimum atomic E-state index is -0.780. The highest BCUT2D eigenvalue weighted by Gasteiger charge is 2.67. The molecule has 1 aromatic carbocycles. The summed E-state index contributed by atoms with van der Waals surface area (Å²) in [7, 11) is 0. The fourth-order valence-electron chi connectivity index (χ4n) is 5.64. The quantitative estimate of drug-likeness (QED) is 0.659. The molecule has 1 N–H and O–H groups in total. The molecule has 1 heterocycles. The highest BCUT2D eigenvalue weighted by molar-refractivity contribution is 6.09. The molecule has 1 aromatic rings. The third-order valence-electron chi connectivity index (χ3n) is 7.12. The van der Waals surface area contributed by atoms with Crippen LogP contribution in [0.25, 0.3) is 0 Å². The minimum absolute atomic E-state index is 0.148. The van der Waals surface area contributed by atoms with Crippen molar-refractivity contribution in [1.29, 1.82) is 0 Å². The third-order valence-corrected chi connectivity index (χ3v) is 7.12. The highest BCUT2D eigenvalue weighted by Crippen LogP contribution is 2.65. The number of nitrogens with one attached hydrogen (secondary N) is 1. The van der Waals surface area contributed by atoms with Gasteiger partial charge in [0.15, 0.2) is 0 Å². The topological polar surface area (TPSA) is 66.5 Å². The van der Waals surface area contributed by atoms with Crippen LogP contribution in [0.3, 0.4) is 0 Å². The summed E-state index contributed by atoms with van der Waals surface area (Å²) in [6, 6.07) is 8.72. The molecule has 6 rings (SSSR count). The Labute approximate surface area is 158 Å². The van der Waals surface area contributed by atoms with E-state index in [2.05, 4.69) is 17.5 Å².